The van der Waals surface area contributed by atoms with Gasteiger partial charge >= 0.3 is 0 Å². The monoisotopic (exact) mass is 458 g/mol. The molecule has 0 heterocycles. The second-order valence-corrected chi connectivity index (χ2v) is 8.45. The van der Waals surface area contributed by atoms with Crippen LogP contribution in [0.25, 0.3) is 0 Å². The molecule has 0 aliphatic carbocycles. The number of nitrogens with one attached hydrogen (secondary N) is 4. The number of benzene rings is 2. The van der Waals surface area contributed by atoms with Gasteiger partial charge in [-0.3, -0.25) is 9.59 Å². The predicted molar refractivity (Wildman–Crippen MR) is 118 cm³/mol. The van der Waals surface area contributed by atoms with E-state index in [4.69, 9.17) is 47.0 Å². The van der Waals surface area contributed by atoms with E-state index in [0.717, 1.165) is 0 Å². The van der Waals surface area contributed by atoms with Gasteiger partial charge in [0.05, 0.1) is 0 Å². The van der Waals surface area contributed by atoms with Gasteiger partial charge in [0.15, 0.2) is 5.11 Å². The van der Waals surface area contributed by atoms with Crippen LogP contribution in [-0.4, -0.2) is 26.9 Å². The van der Waals surface area contributed by atoms with Gasteiger partial charge in [0.1, 0.15) is 6.17 Å². The van der Waals surface area contributed by atoms with Crippen molar-refractivity contribution in [3.8, 4) is 0 Å². The van der Waals surface area contributed by atoms with Crippen molar-refractivity contribution < 1.29 is 9.59 Å². The summed E-state index contributed by atoms with van der Waals surface area (Å²) in [5.41, 5.74) is 1.60. The molecule has 2 amide bonds. The molecule has 10 heteroatoms. The molecule has 0 aliphatic heterocycles. The van der Waals surface area contributed by atoms with Gasteiger partial charge in [-0.15, -0.1) is 0 Å². The van der Waals surface area contributed by atoms with Gasteiger partial charge in [-0.25, -0.2) is 0 Å². The number of carbonyl (C=O) groups is 2. The highest BCUT2D eigenvalue weighted by molar-refractivity contribution is 7.80. The Morgan fingerprint density at radius 1 is 0.929 bits per heavy atom. The van der Waals surface area contributed by atoms with Crippen LogP contribution < -0.4 is 21.3 Å². The lowest BCUT2D eigenvalue weighted by molar-refractivity contribution is -0.114. The molecule has 2 rings (SSSR count). The van der Waals surface area contributed by atoms with Crippen molar-refractivity contribution in [2.45, 2.75) is 16.9 Å². The molecule has 6 nitrogen and oxygen atoms in total. The number of hydrogen-bond acceptors (Lipinski definition) is 3. The molecule has 0 bridgehead atoms. The van der Waals surface area contributed by atoms with Crippen LogP contribution in [0.15, 0.2) is 54.6 Å². The molecule has 0 saturated carbocycles. The molecule has 0 radical (unpaired) electrons. The van der Waals surface area contributed by atoms with Gasteiger partial charge in [0, 0.05) is 23.9 Å². The maximum Gasteiger partial charge on any atom is 0.252 e. The third-order valence-corrected chi connectivity index (χ3v) is 4.23. The maximum atomic E-state index is 12.4. The van der Waals surface area contributed by atoms with Crippen LogP contribution in [0.5, 0.6) is 0 Å². The van der Waals surface area contributed by atoms with Gasteiger partial charge in [-0.1, -0.05) is 59.1 Å². The van der Waals surface area contributed by atoms with Crippen molar-refractivity contribution in [3.05, 3.63) is 60.2 Å². The zero-order valence-electron chi connectivity index (χ0n) is 14.6. The summed E-state index contributed by atoms with van der Waals surface area (Å²) in [5, 5.41) is 11.1. The van der Waals surface area contributed by atoms with Crippen molar-refractivity contribution in [3.63, 3.8) is 0 Å². The number of amides is 2. The molecule has 2 aromatic rings. The van der Waals surface area contributed by atoms with E-state index >= 15 is 0 Å². The van der Waals surface area contributed by atoms with Crippen LogP contribution in [0.3, 0.4) is 0 Å². The number of thiocarbonyl (C=S) groups is 1. The molecular formula is C18H17Cl3N4O2S. The van der Waals surface area contributed by atoms with Gasteiger partial charge in [0.2, 0.25) is 9.70 Å². The zero-order chi connectivity index (χ0) is 20.7. The molecule has 2 aromatic carbocycles. The summed E-state index contributed by atoms with van der Waals surface area (Å²) in [7, 11) is 0. The number of halogens is 3. The van der Waals surface area contributed by atoms with Crippen molar-refractivity contribution in [2.75, 3.05) is 10.6 Å². The fourth-order valence-corrected chi connectivity index (χ4v) is 2.74. The summed E-state index contributed by atoms with van der Waals surface area (Å²) >= 11 is 23.2. The first-order chi connectivity index (χ1) is 13.1. The Labute approximate surface area is 182 Å². The Kier molecular flexibility index (Phi) is 7.88. The Morgan fingerprint density at radius 2 is 1.54 bits per heavy atom. The molecule has 0 aromatic heterocycles. The topological polar surface area (TPSA) is 82.3 Å². The summed E-state index contributed by atoms with van der Waals surface area (Å²) in [6.07, 6.45) is -1.09. The highest BCUT2D eigenvalue weighted by atomic mass is 35.6. The number of rotatable bonds is 5. The largest absolute Gasteiger partial charge is 0.339 e. The third-order valence-electron chi connectivity index (χ3n) is 3.35. The normalized spacial score (nSPS) is 11.9. The lowest BCUT2D eigenvalue weighted by atomic mass is 10.2. The molecule has 0 fully saturated rings. The van der Waals surface area contributed by atoms with E-state index in [1.807, 2.05) is 0 Å². The minimum Gasteiger partial charge on any atom is -0.339 e. The molecule has 0 unspecified atom stereocenters. The third kappa shape index (κ3) is 7.16. The van der Waals surface area contributed by atoms with Gasteiger partial charge < -0.3 is 21.3 Å². The van der Waals surface area contributed by atoms with E-state index < -0.39 is 15.9 Å². The van der Waals surface area contributed by atoms with Crippen molar-refractivity contribution in [1.82, 2.24) is 10.6 Å². The van der Waals surface area contributed by atoms with Crippen molar-refractivity contribution in [2.24, 2.45) is 0 Å². The lowest BCUT2D eigenvalue weighted by Crippen LogP contribution is -2.56. The molecule has 0 aliphatic rings. The van der Waals surface area contributed by atoms with Crippen molar-refractivity contribution in [1.29, 1.82) is 0 Å². The first-order valence-corrected chi connectivity index (χ1v) is 9.57. The summed E-state index contributed by atoms with van der Waals surface area (Å²) in [5.74, 6) is -0.627. The van der Waals surface area contributed by atoms with Crippen molar-refractivity contribution >= 4 is 75.3 Å². The van der Waals surface area contributed by atoms with Gasteiger partial charge in [-0.2, -0.15) is 0 Å². The van der Waals surface area contributed by atoms with Crippen LogP contribution in [-0.2, 0) is 4.79 Å². The second kappa shape index (κ2) is 9.93. The summed E-state index contributed by atoms with van der Waals surface area (Å²) in [4.78, 5) is 23.5. The number of hydrogen-bond donors (Lipinski definition) is 4. The zero-order valence-corrected chi connectivity index (χ0v) is 17.7. The first-order valence-electron chi connectivity index (χ1n) is 8.03. The predicted octanol–water partition coefficient (Wildman–Crippen LogP) is 4.06. The highest BCUT2D eigenvalue weighted by Gasteiger charge is 2.34. The van der Waals surface area contributed by atoms with E-state index in [-0.39, 0.29) is 11.0 Å². The molecular weight excluding hydrogens is 443 g/mol. The molecule has 0 spiro atoms. The SMILES string of the molecule is CC(=O)Nc1cccc(NC(=S)N[C@@H](NC(=O)c2ccccc2)C(Cl)(Cl)Cl)c1. The second-order valence-electron chi connectivity index (χ2n) is 5.67. The first kappa shape index (κ1) is 22.2. The summed E-state index contributed by atoms with van der Waals surface area (Å²) in [6, 6.07) is 15.4. The molecule has 4 N–H and O–H groups in total. The number of anilines is 2. The highest BCUT2D eigenvalue weighted by Crippen LogP contribution is 2.29. The van der Waals surface area contributed by atoms with Crippen LogP contribution in [0.4, 0.5) is 11.4 Å². The van der Waals surface area contributed by atoms with Crippen LogP contribution >= 0.6 is 47.0 Å². The molecule has 0 saturated heterocycles. The van der Waals surface area contributed by atoms with Crippen LogP contribution in [0, 0.1) is 0 Å². The smallest absolute Gasteiger partial charge is 0.252 e. The lowest BCUT2D eigenvalue weighted by Gasteiger charge is -2.27. The fourth-order valence-electron chi connectivity index (χ4n) is 2.18. The number of carbonyl (C=O) groups excluding carboxylic acids is 2. The van der Waals surface area contributed by atoms with Crippen LogP contribution in [0.2, 0.25) is 0 Å². The minimum atomic E-state index is -1.87. The summed E-state index contributed by atoms with van der Waals surface area (Å²) in [6.45, 7) is 1.41. The van der Waals surface area contributed by atoms with E-state index in [0.29, 0.717) is 16.9 Å². The summed E-state index contributed by atoms with van der Waals surface area (Å²) < 4.78 is -1.87. The van der Waals surface area contributed by atoms with E-state index in [2.05, 4.69) is 21.3 Å². The molecule has 1 atom stereocenters. The van der Waals surface area contributed by atoms with E-state index in [1.54, 1.807) is 54.6 Å². The number of alkyl halides is 3. The minimum absolute atomic E-state index is 0.115. The quantitative estimate of drug-likeness (QED) is 0.308. The Morgan fingerprint density at radius 3 is 2.11 bits per heavy atom. The molecule has 148 valence electrons. The van der Waals surface area contributed by atoms with Gasteiger partial charge in [-0.05, 0) is 42.5 Å². The van der Waals surface area contributed by atoms with Gasteiger partial charge in [0.25, 0.3) is 5.91 Å². The Bertz CT molecular complexity index is 859. The average Bonchev–Trinajstić information content (AvgIpc) is 2.60. The van der Waals surface area contributed by atoms with Crippen LogP contribution in [0.1, 0.15) is 17.3 Å². The average molecular weight is 460 g/mol. The maximum absolute atomic E-state index is 12.4. The standard InChI is InChI=1S/C18H17Cl3N4O2S/c1-11(26)22-13-8-5-9-14(10-13)23-17(28)25-16(18(19,20)21)24-15(27)12-6-3-2-4-7-12/h2-10,16H,1H3,(H,22,26)(H,24,27)(H2,23,25,28)/t16-/m1/s1. The van der Waals surface area contributed by atoms with E-state index in [9.17, 15) is 9.59 Å². The van der Waals surface area contributed by atoms with E-state index in [1.165, 1.54) is 6.92 Å². The Balaban J connectivity index is 2.05. The fraction of sp³-hybridized carbons (Fsp3) is 0.167. The molecule has 28 heavy (non-hydrogen) atoms. The Hall–Kier alpha value is -2.06.